The number of aliphatic hydroxyl groups excluding tert-OH is 1. The molecule has 0 bridgehead atoms. The minimum Gasteiger partial charge on any atom is -0.393 e. The maximum absolute atomic E-state index is 10.7. The molecule has 0 aliphatic heterocycles. The lowest BCUT2D eigenvalue weighted by Gasteiger charge is -2.59. The van der Waals surface area contributed by atoms with E-state index in [0.29, 0.717) is 23.2 Å². The van der Waals surface area contributed by atoms with Gasteiger partial charge in [-0.1, -0.05) is 46.3 Å². The Morgan fingerprint density at radius 2 is 1.85 bits per heavy atom. The van der Waals surface area contributed by atoms with Crippen molar-refractivity contribution in [2.24, 2.45) is 39.7 Å². The van der Waals surface area contributed by atoms with Crippen LogP contribution in [0.25, 0.3) is 0 Å². The van der Waals surface area contributed by atoms with Crippen LogP contribution in [0.1, 0.15) is 79.6 Å². The molecule has 1 fully saturated rings. The first-order chi connectivity index (χ1) is 12.2. The number of allylic oxidation sites excluding steroid dienone is 4. The molecule has 0 heterocycles. The van der Waals surface area contributed by atoms with Crippen molar-refractivity contribution in [3.63, 3.8) is 0 Å². The van der Waals surface area contributed by atoms with E-state index in [-0.39, 0.29) is 16.9 Å². The lowest BCUT2D eigenvalue weighted by atomic mass is 9.46. The quantitative estimate of drug-likeness (QED) is 0.711. The van der Waals surface area contributed by atoms with Gasteiger partial charge in [0, 0.05) is 0 Å². The fourth-order valence-corrected chi connectivity index (χ4v) is 7.74. The second-order valence-corrected chi connectivity index (χ2v) is 10.9. The highest BCUT2D eigenvalue weighted by Gasteiger charge is 2.57. The summed E-state index contributed by atoms with van der Waals surface area (Å²) in [5.41, 5.74) is 11.9. The molecule has 0 aromatic heterocycles. The summed E-state index contributed by atoms with van der Waals surface area (Å²) in [7, 11) is 0. The number of rotatable bonds is 2. The van der Waals surface area contributed by atoms with E-state index in [0.717, 1.165) is 19.4 Å². The fourth-order valence-electron chi connectivity index (χ4n) is 7.74. The Morgan fingerprint density at radius 3 is 2.54 bits per heavy atom. The average molecular weight is 358 g/mol. The topological polar surface area (TPSA) is 46.2 Å². The zero-order chi connectivity index (χ0) is 18.9. The van der Waals surface area contributed by atoms with Crippen LogP contribution in [0.5, 0.6) is 0 Å². The molecule has 4 rings (SSSR count). The zero-order valence-electron chi connectivity index (χ0n) is 17.6. The summed E-state index contributed by atoms with van der Waals surface area (Å²) in [6.45, 7) is 12.8. The van der Waals surface area contributed by atoms with Gasteiger partial charge in [0.2, 0.25) is 0 Å². The first-order valence-electron chi connectivity index (χ1n) is 11.0. The lowest BCUT2D eigenvalue weighted by molar-refractivity contribution is -0.0905. The molecule has 1 saturated carbocycles. The van der Waals surface area contributed by atoms with Crippen LogP contribution in [0, 0.1) is 34.0 Å². The van der Waals surface area contributed by atoms with Gasteiger partial charge in [0.25, 0.3) is 0 Å². The lowest BCUT2D eigenvalue weighted by Crippen LogP contribution is -2.53. The standard InChI is InChI=1S/C24H39NO/c1-15(14-25)17-7-8-18-16-6-9-20-22(2,3)21(26)11-13-24(20,5)19(16)10-12-23(17,18)4/h8,15,17,20-21,26H,6-7,9-14,25H2,1-5H3. The number of hydrogen-bond acceptors (Lipinski definition) is 2. The van der Waals surface area contributed by atoms with E-state index in [9.17, 15) is 5.11 Å². The number of hydrogen-bond donors (Lipinski definition) is 2. The predicted octanol–water partition coefficient (Wildman–Crippen LogP) is 5.22. The summed E-state index contributed by atoms with van der Waals surface area (Å²) < 4.78 is 0. The maximum Gasteiger partial charge on any atom is 0.0594 e. The van der Waals surface area contributed by atoms with E-state index in [1.807, 2.05) is 0 Å². The van der Waals surface area contributed by atoms with E-state index in [4.69, 9.17) is 5.73 Å². The van der Waals surface area contributed by atoms with Crippen molar-refractivity contribution in [3.8, 4) is 0 Å². The molecular formula is C24H39NO. The molecule has 6 unspecified atom stereocenters. The third-order valence-corrected chi connectivity index (χ3v) is 9.49. The number of aliphatic hydroxyl groups is 1. The summed E-state index contributed by atoms with van der Waals surface area (Å²) >= 11 is 0. The molecule has 0 spiro atoms. The highest BCUT2D eigenvalue weighted by atomic mass is 16.3. The molecule has 0 aromatic rings. The minimum absolute atomic E-state index is 0.0347. The van der Waals surface area contributed by atoms with Gasteiger partial charge < -0.3 is 10.8 Å². The van der Waals surface area contributed by atoms with Gasteiger partial charge >= 0.3 is 0 Å². The van der Waals surface area contributed by atoms with E-state index < -0.39 is 0 Å². The van der Waals surface area contributed by atoms with Crippen LogP contribution in [-0.2, 0) is 0 Å². The molecule has 3 N–H and O–H groups in total. The van der Waals surface area contributed by atoms with Crippen LogP contribution in [-0.4, -0.2) is 17.8 Å². The molecule has 0 amide bonds. The van der Waals surface area contributed by atoms with Gasteiger partial charge in [-0.3, -0.25) is 0 Å². The SMILES string of the molecule is CC(CN)C1CC=C2C3=C(CCC21C)C1(C)CCC(O)C(C)(C)C1CC3. The number of fused-ring (bicyclic) bond motifs is 4. The number of nitrogens with two attached hydrogens (primary N) is 1. The minimum atomic E-state index is -0.142. The van der Waals surface area contributed by atoms with Crippen LogP contribution in [0.15, 0.2) is 22.8 Å². The van der Waals surface area contributed by atoms with Gasteiger partial charge in [-0.15, -0.1) is 0 Å². The normalized spacial score (nSPS) is 45.5. The Hall–Kier alpha value is -0.600. The van der Waals surface area contributed by atoms with Gasteiger partial charge in [-0.05, 0) is 96.6 Å². The summed E-state index contributed by atoms with van der Waals surface area (Å²) in [6.07, 6.45) is 10.8. The highest BCUT2D eigenvalue weighted by Crippen LogP contribution is 2.66. The van der Waals surface area contributed by atoms with E-state index in [2.05, 4.69) is 40.7 Å². The third kappa shape index (κ3) is 2.30. The Kier molecular flexibility index (Phi) is 4.29. The van der Waals surface area contributed by atoms with E-state index >= 15 is 0 Å². The van der Waals surface area contributed by atoms with Gasteiger partial charge in [0.15, 0.2) is 0 Å². The molecule has 4 aliphatic rings. The summed E-state index contributed by atoms with van der Waals surface area (Å²) in [6, 6.07) is 0. The van der Waals surface area contributed by atoms with Crippen molar-refractivity contribution in [1.29, 1.82) is 0 Å². The monoisotopic (exact) mass is 357 g/mol. The van der Waals surface area contributed by atoms with Crippen LogP contribution in [0.3, 0.4) is 0 Å². The molecule has 4 aliphatic carbocycles. The van der Waals surface area contributed by atoms with Crippen molar-refractivity contribution < 1.29 is 5.11 Å². The molecule has 2 nitrogen and oxygen atoms in total. The summed E-state index contributed by atoms with van der Waals surface area (Å²) in [5.74, 6) is 1.93. The molecule has 146 valence electrons. The summed E-state index contributed by atoms with van der Waals surface area (Å²) in [5, 5.41) is 10.7. The van der Waals surface area contributed by atoms with Gasteiger partial charge in [0.05, 0.1) is 6.10 Å². The van der Waals surface area contributed by atoms with Gasteiger partial charge in [0.1, 0.15) is 0 Å². The second-order valence-electron chi connectivity index (χ2n) is 10.9. The van der Waals surface area contributed by atoms with Crippen molar-refractivity contribution in [2.75, 3.05) is 6.54 Å². The Bertz CT molecular complexity index is 659. The van der Waals surface area contributed by atoms with Crippen molar-refractivity contribution in [3.05, 3.63) is 22.8 Å². The zero-order valence-corrected chi connectivity index (χ0v) is 17.6. The molecule has 0 aromatic carbocycles. The molecule has 0 saturated heterocycles. The predicted molar refractivity (Wildman–Crippen MR) is 109 cm³/mol. The fraction of sp³-hybridized carbons (Fsp3) is 0.833. The first kappa shape index (κ1) is 18.7. The van der Waals surface area contributed by atoms with Crippen LogP contribution < -0.4 is 5.73 Å². The second kappa shape index (κ2) is 5.95. The van der Waals surface area contributed by atoms with Gasteiger partial charge in [-0.25, -0.2) is 0 Å². The van der Waals surface area contributed by atoms with Gasteiger partial charge in [-0.2, -0.15) is 0 Å². The van der Waals surface area contributed by atoms with Crippen molar-refractivity contribution >= 4 is 0 Å². The van der Waals surface area contributed by atoms with Crippen molar-refractivity contribution in [2.45, 2.75) is 85.7 Å². The third-order valence-electron chi connectivity index (χ3n) is 9.49. The average Bonchev–Trinajstić information content (AvgIpc) is 2.95. The van der Waals surface area contributed by atoms with Crippen LogP contribution in [0.2, 0.25) is 0 Å². The Morgan fingerprint density at radius 1 is 1.12 bits per heavy atom. The summed E-state index contributed by atoms with van der Waals surface area (Å²) in [4.78, 5) is 0. The molecular weight excluding hydrogens is 318 g/mol. The molecule has 2 heteroatoms. The van der Waals surface area contributed by atoms with E-state index in [1.54, 1.807) is 16.7 Å². The highest BCUT2D eigenvalue weighted by molar-refractivity contribution is 5.49. The van der Waals surface area contributed by atoms with Crippen molar-refractivity contribution in [1.82, 2.24) is 0 Å². The van der Waals surface area contributed by atoms with E-state index in [1.165, 1.54) is 32.1 Å². The Labute approximate surface area is 160 Å². The largest absolute Gasteiger partial charge is 0.393 e. The van der Waals surface area contributed by atoms with Crippen LogP contribution >= 0.6 is 0 Å². The first-order valence-corrected chi connectivity index (χ1v) is 11.0. The smallest absolute Gasteiger partial charge is 0.0594 e. The maximum atomic E-state index is 10.7. The van der Waals surface area contributed by atoms with Crippen LogP contribution in [0.4, 0.5) is 0 Å². The molecule has 6 atom stereocenters. The molecule has 26 heavy (non-hydrogen) atoms. The molecule has 0 radical (unpaired) electrons. The Balaban J connectivity index is 1.74.